The molecule has 0 aromatic carbocycles. The van der Waals surface area contributed by atoms with Crippen LogP contribution in [0.1, 0.15) is 33.1 Å². The van der Waals surface area contributed by atoms with Gasteiger partial charge in [-0.1, -0.05) is 20.3 Å². The van der Waals surface area contributed by atoms with Gasteiger partial charge in [-0.25, -0.2) is 4.79 Å². The Balaban J connectivity index is 3.84. The zero-order valence-electron chi connectivity index (χ0n) is 7.58. The van der Waals surface area contributed by atoms with E-state index in [1.807, 2.05) is 13.8 Å². The number of nitrogens with one attached hydrogen (secondary N) is 1. The van der Waals surface area contributed by atoms with E-state index in [1.165, 1.54) is 0 Å². The Morgan fingerprint density at radius 1 is 1.50 bits per heavy atom. The number of carboxylic acid groups (broad SMARTS) is 1. The first-order valence-electron chi connectivity index (χ1n) is 4.29. The fourth-order valence-corrected chi connectivity index (χ4v) is 1.20. The van der Waals surface area contributed by atoms with Gasteiger partial charge in [-0.15, -0.1) is 0 Å². The van der Waals surface area contributed by atoms with E-state index in [2.05, 4.69) is 5.32 Å². The summed E-state index contributed by atoms with van der Waals surface area (Å²) >= 11 is 0. The predicted octanol–water partition coefficient (Wildman–Crippen LogP) is 1.40. The molecule has 0 aromatic heterocycles. The number of aliphatic hydroxyl groups is 1. The minimum Gasteiger partial charge on any atom is -0.465 e. The molecule has 0 spiro atoms. The molecule has 0 saturated carbocycles. The predicted molar refractivity (Wildman–Crippen MR) is 45.9 cm³/mol. The molecule has 2 atom stereocenters. The third-order valence-corrected chi connectivity index (χ3v) is 1.90. The van der Waals surface area contributed by atoms with Crippen LogP contribution in [0.25, 0.3) is 0 Å². The second kappa shape index (κ2) is 5.83. The summed E-state index contributed by atoms with van der Waals surface area (Å²) in [5, 5.41) is 19.7. The van der Waals surface area contributed by atoms with Crippen LogP contribution >= 0.6 is 0 Å². The zero-order chi connectivity index (χ0) is 9.56. The highest BCUT2D eigenvalue weighted by molar-refractivity contribution is 5.64. The normalized spacial score (nSPS) is 15.2. The number of aliphatic hydroxyl groups excluding tert-OH is 1. The lowest BCUT2D eigenvalue weighted by molar-refractivity contribution is 0.0662. The average molecular weight is 175 g/mol. The number of hydrogen-bond donors (Lipinski definition) is 3. The van der Waals surface area contributed by atoms with Crippen LogP contribution in [0.3, 0.4) is 0 Å². The van der Waals surface area contributed by atoms with Gasteiger partial charge in [0.1, 0.15) is 6.23 Å². The summed E-state index contributed by atoms with van der Waals surface area (Å²) in [6, 6.07) is 0. The van der Waals surface area contributed by atoms with E-state index in [-0.39, 0.29) is 5.92 Å². The maximum absolute atomic E-state index is 10.2. The van der Waals surface area contributed by atoms with Crippen molar-refractivity contribution in [3.8, 4) is 0 Å². The summed E-state index contributed by atoms with van der Waals surface area (Å²) in [6.45, 7) is 3.95. The molecular formula is C8H17NO3. The molecule has 0 heterocycles. The SMILES string of the molecule is CCCC(CC)C(O)NC(=O)O. The van der Waals surface area contributed by atoms with Crippen molar-refractivity contribution in [1.82, 2.24) is 5.32 Å². The first-order chi connectivity index (χ1) is 5.61. The molecule has 0 saturated heterocycles. The Morgan fingerprint density at radius 2 is 2.08 bits per heavy atom. The van der Waals surface area contributed by atoms with Crippen LogP contribution in [-0.4, -0.2) is 22.5 Å². The fraction of sp³-hybridized carbons (Fsp3) is 0.875. The van der Waals surface area contributed by atoms with Crippen LogP contribution in [0.4, 0.5) is 4.79 Å². The van der Waals surface area contributed by atoms with Gasteiger partial charge in [0.25, 0.3) is 0 Å². The Morgan fingerprint density at radius 3 is 2.42 bits per heavy atom. The smallest absolute Gasteiger partial charge is 0.406 e. The summed E-state index contributed by atoms with van der Waals surface area (Å²) < 4.78 is 0. The first kappa shape index (κ1) is 11.2. The van der Waals surface area contributed by atoms with Crippen LogP contribution in [0.5, 0.6) is 0 Å². The Kier molecular flexibility index (Phi) is 5.45. The van der Waals surface area contributed by atoms with E-state index >= 15 is 0 Å². The number of hydrogen-bond acceptors (Lipinski definition) is 2. The summed E-state index contributed by atoms with van der Waals surface area (Å²) in [4.78, 5) is 10.2. The molecule has 2 unspecified atom stereocenters. The van der Waals surface area contributed by atoms with Gasteiger partial charge in [0, 0.05) is 5.92 Å². The van der Waals surface area contributed by atoms with Gasteiger partial charge >= 0.3 is 6.09 Å². The summed E-state index contributed by atoms with van der Waals surface area (Å²) in [5.74, 6) is 0.0334. The minimum atomic E-state index is -1.17. The van der Waals surface area contributed by atoms with Gasteiger partial charge in [-0.05, 0) is 12.8 Å². The first-order valence-corrected chi connectivity index (χ1v) is 4.29. The third kappa shape index (κ3) is 4.18. The average Bonchev–Trinajstić information content (AvgIpc) is 1.98. The monoisotopic (exact) mass is 175 g/mol. The molecule has 1 amide bonds. The van der Waals surface area contributed by atoms with Gasteiger partial charge in [-0.3, -0.25) is 5.32 Å². The minimum absolute atomic E-state index is 0.0334. The summed E-state index contributed by atoms with van der Waals surface area (Å²) in [5.41, 5.74) is 0. The van der Waals surface area contributed by atoms with Gasteiger partial charge < -0.3 is 10.2 Å². The highest BCUT2D eigenvalue weighted by Crippen LogP contribution is 2.13. The lowest BCUT2D eigenvalue weighted by Crippen LogP contribution is -2.39. The van der Waals surface area contributed by atoms with E-state index in [4.69, 9.17) is 5.11 Å². The van der Waals surface area contributed by atoms with E-state index in [0.717, 1.165) is 19.3 Å². The maximum Gasteiger partial charge on any atom is 0.406 e. The zero-order valence-corrected chi connectivity index (χ0v) is 7.58. The van der Waals surface area contributed by atoms with Crippen LogP contribution in [0.15, 0.2) is 0 Å². The molecular weight excluding hydrogens is 158 g/mol. The second-order valence-electron chi connectivity index (χ2n) is 2.85. The third-order valence-electron chi connectivity index (χ3n) is 1.90. The van der Waals surface area contributed by atoms with Crippen molar-refractivity contribution in [1.29, 1.82) is 0 Å². The lowest BCUT2D eigenvalue weighted by atomic mass is 9.99. The van der Waals surface area contributed by atoms with Crippen molar-refractivity contribution < 1.29 is 15.0 Å². The van der Waals surface area contributed by atoms with Crippen LogP contribution in [0.2, 0.25) is 0 Å². The van der Waals surface area contributed by atoms with Crippen molar-refractivity contribution in [2.24, 2.45) is 5.92 Å². The van der Waals surface area contributed by atoms with E-state index < -0.39 is 12.3 Å². The number of amides is 1. The molecule has 4 nitrogen and oxygen atoms in total. The Bertz CT molecular complexity index is 138. The van der Waals surface area contributed by atoms with Gasteiger partial charge in [-0.2, -0.15) is 0 Å². The fourth-order valence-electron chi connectivity index (χ4n) is 1.20. The molecule has 0 rings (SSSR count). The van der Waals surface area contributed by atoms with Crippen molar-refractivity contribution in [3.05, 3.63) is 0 Å². The molecule has 0 fully saturated rings. The molecule has 4 heteroatoms. The van der Waals surface area contributed by atoms with E-state index in [9.17, 15) is 9.90 Å². The number of rotatable bonds is 5. The molecule has 12 heavy (non-hydrogen) atoms. The molecule has 72 valence electrons. The second-order valence-corrected chi connectivity index (χ2v) is 2.85. The summed E-state index contributed by atoms with van der Waals surface area (Å²) in [7, 11) is 0. The molecule has 0 aliphatic heterocycles. The standard InChI is InChI=1S/C8H17NO3/c1-3-5-6(4-2)7(10)9-8(11)12/h6-7,9-10H,3-5H2,1-2H3,(H,11,12). The molecule has 0 aromatic rings. The van der Waals surface area contributed by atoms with Crippen LogP contribution < -0.4 is 5.32 Å². The van der Waals surface area contributed by atoms with E-state index in [0.29, 0.717) is 0 Å². The number of carbonyl (C=O) groups is 1. The van der Waals surface area contributed by atoms with Crippen molar-refractivity contribution in [2.75, 3.05) is 0 Å². The molecule has 3 N–H and O–H groups in total. The van der Waals surface area contributed by atoms with Gasteiger partial charge in [0.05, 0.1) is 0 Å². The lowest BCUT2D eigenvalue weighted by Gasteiger charge is -2.20. The highest BCUT2D eigenvalue weighted by atomic mass is 16.4. The van der Waals surface area contributed by atoms with E-state index in [1.54, 1.807) is 0 Å². The molecule has 0 bridgehead atoms. The van der Waals surface area contributed by atoms with Gasteiger partial charge in [0.15, 0.2) is 0 Å². The molecule has 0 aliphatic carbocycles. The highest BCUT2D eigenvalue weighted by Gasteiger charge is 2.17. The Hall–Kier alpha value is -0.770. The van der Waals surface area contributed by atoms with Crippen molar-refractivity contribution >= 4 is 6.09 Å². The van der Waals surface area contributed by atoms with Crippen LogP contribution in [0, 0.1) is 5.92 Å². The Labute approximate surface area is 72.6 Å². The summed E-state index contributed by atoms with van der Waals surface area (Å²) in [6.07, 6.45) is 0.494. The molecule has 0 aliphatic rings. The largest absolute Gasteiger partial charge is 0.465 e. The topological polar surface area (TPSA) is 69.6 Å². The van der Waals surface area contributed by atoms with Crippen LogP contribution in [-0.2, 0) is 0 Å². The maximum atomic E-state index is 10.2. The quantitative estimate of drug-likeness (QED) is 0.553. The molecule has 0 radical (unpaired) electrons. The van der Waals surface area contributed by atoms with Crippen molar-refractivity contribution in [2.45, 2.75) is 39.3 Å². The van der Waals surface area contributed by atoms with Crippen molar-refractivity contribution in [3.63, 3.8) is 0 Å². The van der Waals surface area contributed by atoms with Gasteiger partial charge in [0.2, 0.25) is 0 Å².